The first-order chi connectivity index (χ1) is 20.7. The van der Waals surface area contributed by atoms with Gasteiger partial charge in [-0.05, 0) is 54.4 Å². The van der Waals surface area contributed by atoms with Gasteiger partial charge in [-0.3, -0.25) is 14.9 Å². The average Bonchev–Trinajstić information content (AvgIpc) is 3.63. The van der Waals surface area contributed by atoms with E-state index in [-0.39, 0.29) is 18.4 Å². The molecule has 11 nitrogen and oxygen atoms in total. The maximum Gasteiger partial charge on any atom is 0.264 e. The summed E-state index contributed by atoms with van der Waals surface area (Å²) in [7, 11) is 6.14. The molecule has 3 aromatic carbocycles. The van der Waals surface area contributed by atoms with Gasteiger partial charge in [-0.1, -0.05) is 23.5 Å². The van der Waals surface area contributed by atoms with Crippen LogP contribution in [0.5, 0.6) is 28.7 Å². The molecule has 0 aliphatic carbocycles. The van der Waals surface area contributed by atoms with E-state index in [1.807, 2.05) is 31.2 Å². The Hall–Kier alpha value is -4.84. The van der Waals surface area contributed by atoms with Crippen molar-refractivity contribution in [3.63, 3.8) is 0 Å². The molecule has 43 heavy (non-hydrogen) atoms. The van der Waals surface area contributed by atoms with Gasteiger partial charge >= 0.3 is 0 Å². The van der Waals surface area contributed by atoms with Crippen molar-refractivity contribution in [1.29, 1.82) is 0 Å². The lowest BCUT2D eigenvalue weighted by molar-refractivity contribution is -0.130. The van der Waals surface area contributed by atoms with Crippen molar-refractivity contribution in [3.8, 4) is 28.7 Å². The zero-order chi connectivity index (χ0) is 30.7. The number of nitrogens with one attached hydrogen (secondary N) is 1. The molecule has 5 rings (SSSR count). The Kier molecular flexibility index (Phi) is 8.67. The van der Waals surface area contributed by atoms with Crippen molar-refractivity contribution in [2.75, 3.05) is 40.4 Å². The minimum absolute atomic E-state index is 0.226. The molecule has 4 aromatic rings. The number of carbonyl (C=O) groups is 2. The zero-order valence-corrected chi connectivity index (χ0v) is 25.5. The Labute approximate surface area is 253 Å². The Morgan fingerprint density at radius 2 is 1.65 bits per heavy atom. The third-order valence-electron chi connectivity index (χ3n) is 6.95. The molecule has 1 aromatic heterocycles. The SMILES string of the molecule is COc1ccc(C2CC(c3cc(OC)c(OC)c(OC)c3)=NN2C(C)=O)cc1OCC(=O)Nc1nc2ccc(C)cc2s1. The van der Waals surface area contributed by atoms with Gasteiger partial charge in [-0.25, -0.2) is 9.99 Å². The monoisotopic (exact) mass is 604 g/mol. The normalized spacial score (nSPS) is 14.3. The number of hydrogen-bond donors (Lipinski definition) is 1. The van der Waals surface area contributed by atoms with E-state index >= 15 is 0 Å². The molecule has 224 valence electrons. The molecule has 0 saturated heterocycles. The molecule has 1 aliphatic heterocycles. The second-order valence-corrected chi connectivity index (χ2v) is 10.8. The molecule has 1 unspecified atom stereocenters. The fourth-order valence-electron chi connectivity index (χ4n) is 4.88. The Balaban J connectivity index is 1.35. The third-order valence-corrected chi connectivity index (χ3v) is 7.89. The van der Waals surface area contributed by atoms with Crippen molar-refractivity contribution in [3.05, 3.63) is 65.2 Å². The van der Waals surface area contributed by atoms with E-state index in [0.717, 1.165) is 26.9 Å². The first-order valence-electron chi connectivity index (χ1n) is 13.4. The number of methoxy groups -OCH3 is 4. The third kappa shape index (κ3) is 6.19. The van der Waals surface area contributed by atoms with Crippen LogP contribution in [-0.4, -0.2) is 62.6 Å². The lowest BCUT2D eigenvalue weighted by Gasteiger charge is -2.21. The fraction of sp³-hybridized carbons (Fsp3) is 0.290. The summed E-state index contributed by atoms with van der Waals surface area (Å²) in [5, 5.41) is 9.38. The average molecular weight is 605 g/mol. The number of aryl methyl sites for hydroxylation is 1. The first-order valence-corrected chi connectivity index (χ1v) is 14.2. The summed E-state index contributed by atoms with van der Waals surface area (Å²) in [6.07, 6.45) is 0.418. The summed E-state index contributed by atoms with van der Waals surface area (Å²) in [4.78, 5) is 29.9. The van der Waals surface area contributed by atoms with Crippen LogP contribution in [0.1, 0.15) is 36.1 Å². The number of anilines is 1. The van der Waals surface area contributed by atoms with Gasteiger partial charge in [0, 0.05) is 18.9 Å². The number of benzene rings is 3. The van der Waals surface area contributed by atoms with Gasteiger partial charge in [-0.2, -0.15) is 5.10 Å². The number of hydrazone groups is 1. The summed E-state index contributed by atoms with van der Waals surface area (Å²) in [5.41, 5.74) is 4.11. The van der Waals surface area contributed by atoms with Crippen LogP contribution in [0.3, 0.4) is 0 Å². The quantitative estimate of drug-likeness (QED) is 0.257. The minimum atomic E-state index is -0.417. The highest BCUT2D eigenvalue weighted by Gasteiger charge is 2.33. The number of amides is 2. The Morgan fingerprint density at radius 1 is 0.930 bits per heavy atom. The maximum absolute atomic E-state index is 12.8. The number of ether oxygens (including phenoxy) is 5. The summed E-state index contributed by atoms with van der Waals surface area (Å²) in [5.74, 6) is 1.66. The van der Waals surface area contributed by atoms with Gasteiger partial charge in [0.15, 0.2) is 34.7 Å². The molecule has 1 aliphatic rings. The zero-order valence-electron chi connectivity index (χ0n) is 24.7. The van der Waals surface area contributed by atoms with Gasteiger partial charge in [0.1, 0.15) is 0 Å². The van der Waals surface area contributed by atoms with Crippen molar-refractivity contribution < 1.29 is 33.3 Å². The van der Waals surface area contributed by atoms with Crippen LogP contribution in [0, 0.1) is 6.92 Å². The fourth-order valence-corrected chi connectivity index (χ4v) is 5.86. The molecule has 0 spiro atoms. The number of aromatic nitrogens is 1. The van der Waals surface area contributed by atoms with Crippen molar-refractivity contribution in [2.24, 2.45) is 5.10 Å². The first kappa shape index (κ1) is 29.6. The Morgan fingerprint density at radius 3 is 2.30 bits per heavy atom. The highest BCUT2D eigenvalue weighted by Crippen LogP contribution is 2.42. The van der Waals surface area contributed by atoms with E-state index in [0.29, 0.717) is 46.0 Å². The second kappa shape index (κ2) is 12.6. The van der Waals surface area contributed by atoms with Crippen LogP contribution in [0.2, 0.25) is 0 Å². The molecular formula is C31H32N4O7S. The van der Waals surface area contributed by atoms with E-state index in [9.17, 15) is 9.59 Å². The number of carbonyl (C=O) groups excluding carboxylic acids is 2. The van der Waals surface area contributed by atoms with Crippen molar-refractivity contribution in [2.45, 2.75) is 26.3 Å². The van der Waals surface area contributed by atoms with E-state index in [2.05, 4.69) is 15.4 Å². The second-order valence-electron chi connectivity index (χ2n) is 9.78. The van der Waals surface area contributed by atoms with Crippen molar-refractivity contribution in [1.82, 2.24) is 9.99 Å². The summed E-state index contributed by atoms with van der Waals surface area (Å²) < 4.78 is 28.8. The van der Waals surface area contributed by atoms with Crippen LogP contribution < -0.4 is 29.0 Å². The molecule has 0 fully saturated rings. The predicted molar refractivity (Wildman–Crippen MR) is 164 cm³/mol. The lowest BCUT2D eigenvalue weighted by atomic mass is 9.97. The van der Waals surface area contributed by atoms with Crippen LogP contribution in [-0.2, 0) is 9.59 Å². The Bertz CT molecular complexity index is 1690. The molecule has 1 N–H and O–H groups in total. The van der Waals surface area contributed by atoms with E-state index in [1.165, 1.54) is 37.5 Å². The molecule has 2 heterocycles. The molecule has 0 radical (unpaired) electrons. The van der Waals surface area contributed by atoms with Crippen LogP contribution in [0.15, 0.2) is 53.6 Å². The molecule has 0 bridgehead atoms. The van der Waals surface area contributed by atoms with Gasteiger partial charge < -0.3 is 23.7 Å². The van der Waals surface area contributed by atoms with Gasteiger partial charge in [0.05, 0.1) is 50.4 Å². The highest BCUT2D eigenvalue weighted by atomic mass is 32.1. The lowest BCUT2D eigenvalue weighted by Crippen LogP contribution is -2.24. The van der Waals surface area contributed by atoms with Crippen molar-refractivity contribution >= 4 is 44.2 Å². The molecular weight excluding hydrogens is 572 g/mol. The van der Waals surface area contributed by atoms with Crippen LogP contribution >= 0.6 is 11.3 Å². The van der Waals surface area contributed by atoms with E-state index in [1.54, 1.807) is 38.5 Å². The summed E-state index contributed by atoms with van der Waals surface area (Å²) >= 11 is 1.40. The van der Waals surface area contributed by atoms with Gasteiger partial charge in [0.2, 0.25) is 11.7 Å². The molecule has 12 heteroatoms. The number of rotatable bonds is 10. The molecule has 0 saturated carbocycles. The maximum atomic E-state index is 12.8. The number of thiazole rings is 1. The highest BCUT2D eigenvalue weighted by molar-refractivity contribution is 7.22. The number of fused-ring (bicyclic) bond motifs is 1. The molecule has 2 amide bonds. The van der Waals surface area contributed by atoms with E-state index < -0.39 is 6.04 Å². The standard InChI is InChI=1S/C31H32N4O7S/c1-17-7-9-21-28(11-17)43-31(32-21)33-29(37)16-42-25-12-19(8-10-24(25)38-3)23-15-22(34-35(23)18(2)36)20-13-26(39-4)30(41-6)27(14-20)40-5/h7-14,23H,15-16H2,1-6H3,(H,32,33,37). The van der Waals surface area contributed by atoms with E-state index in [4.69, 9.17) is 23.7 Å². The predicted octanol–water partition coefficient (Wildman–Crippen LogP) is 5.35. The van der Waals surface area contributed by atoms with Crippen LogP contribution in [0.25, 0.3) is 10.2 Å². The smallest absolute Gasteiger partial charge is 0.264 e. The van der Waals surface area contributed by atoms with Gasteiger partial charge in [0.25, 0.3) is 5.91 Å². The minimum Gasteiger partial charge on any atom is -0.493 e. The topological polar surface area (TPSA) is 121 Å². The number of hydrogen-bond acceptors (Lipinski definition) is 10. The van der Waals surface area contributed by atoms with Crippen LogP contribution in [0.4, 0.5) is 5.13 Å². The summed E-state index contributed by atoms with van der Waals surface area (Å²) in [6, 6.07) is 14.5. The number of nitrogens with zero attached hydrogens (tertiary/aromatic N) is 3. The largest absolute Gasteiger partial charge is 0.493 e. The van der Waals surface area contributed by atoms with Gasteiger partial charge in [-0.15, -0.1) is 0 Å². The summed E-state index contributed by atoms with van der Waals surface area (Å²) in [6.45, 7) is 3.21. The molecule has 1 atom stereocenters.